The Morgan fingerprint density at radius 3 is 2.50 bits per heavy atom. The van der Waals surface area contributed by atoms with E-state index >= 15 is 0 Å². The molecule has 1 aromatic rings. The molecule has 0 aromatic heterocycles. The fourth-order valence-corrected chi connectivity index (χ4v) is 1.51. The van der Waals surface area contributed by atoms with Crippen LogP contribution in [0.2, 0.25) is 0 Å². The zero-order chi connectivity index (χ0) is 12.3. The predicted octanol–water partition coefficient (Wildman–Crippen LogP) is 2.43. The van der Waals surface area contributed by atoms with Crippen molar-refractivity contribution in [2.75, 3.05) is 0 Å². The molecule has 0 heterocycles. The van der Waals surface area contributed by atoms with E-state index in [1.807, 2.05) is 6.92 Å². The molecule has 0 spiro atoms. The lowest BCUT2D eigenvalue weighted by Gasteiger charge is -2.16. The smallest absolute Gasteiger partial charge is 0.269 e. The molecule has 0 radical (unpaired) electrons. The van der Waals surface area contributed by atoms with E-state index in [1.165, 1.54) is 6.07 Å². The summed E-state index contributed by atoms with van der Waals surface area (Å²) in [6, 6.07) is 5.04. The second-order valence-corrected chi connectivity index (χ2v) is 4.48. The van der Waals surface area contributed by atoms with Gasteiger partial charge in [-0.25, -0.2) is 0 Å². The molecule has 1 atom stereocenters. The summed E-state index contributed by atoms with van der Waals surface area (Å²) >= 11 is 0. The number of non-ortho nitro benzene ring substituents is 1. The van der Waals surface area contributed by atoms with Gasteiger partial charge in [0.2, 0.25) is 0 Å². The van der Waals surface area contributed by atoms with Gasteiger partial charge >= 0.3 is 0 Å². The minimum atomic E-state index is -0.376. The minimum Gasteiger partial charge on any atom is -0.327 e. The third-order valence-electron chi connectivity index (χ3n) is 2.85. The Morgan fingerprint density at radius 1 is 1.44 bits per heavy atom. The van der Waals surface area contributed by atoms with Crippen LogP contribution in [0.15, 0.2) is 18.2 Å². The van der Waals surface area contributed by atoms with Crippen LogP contribution in [0.1, 0.15) is 25.0 Å². The molecule has 0 saturated carbocycles. The Labute approximate surface area is 95.6 Å². The highest BCUT2D eigenvalue weighted by Gasteiger charge is 2.12. The first-order valence-electron chi connectivity index (χ1n) is 5.41. The van der Waals surface area contributed by atoms with Gasteiger partial charge in [-0.2, -0.15) is 0 Å². The van der Waals surface area contributed by atoms with Gasteiger partial charge in [-0.1, -0.05) is 19.9 Å². The predicted molar refractivity (Wildman–Crippen MR) is 64.4 cm³/mol. The second kappa shape index (κ2) is 5.07. The van der Waals surface area contributed by atoms with Gasteiger partial charge in [-0.3, -0.25) is 10.1 Å². The van der Waals surface area contributed by atoms with Crippen molar-refractivity contribution >= 4 is 5.69 Å². The summed E-state index contributed by atoms with van der Waals surface area (Å²) < 4.78 is 0. The van der Waals surface area contributed by atoms with Crippen LogP contribution in [0.4, 0.5) is 5.69 Å². The SMILES string of the molecule is Cc1cc([N+](=O)[O-])ccc1CC(N)C(C)C. The van der Waals surface area contributed by atoms with Gasteiger partial charge in [0, 0.05) is 18.2 Å². The highest BCUT2D eigenvalue weighted by atomic mass is 16.6. The molecule has 0 aliphatic heterocycles. The van der Waals surface area contributed by atoms with Crippen LogP contribution in [-0.4, -0.2) is 11.0 Å². The lowest BCUT2D eigenvalue weighted by molar-refractivity contribution is -0.384. The zero-order valence-electron chi connectivity index (χ0n) is 9.93. The van der Waals surface area contributed by atoms with Crippen LogP contribution in [0.5, 0.6) is 0 Å². The summed E-state index contributed by atoms with van der Waals surface area (Å²) in [5.74, 6) is 0.412. The summed E-state index contributed by atoms with van der Waals surface area (Å²) in [4.78, 5) is 10.2. The number of nitrogens with two attached hydrogens (primary N) is 1. The lowest BCUT2D eigenvalue weighted by atomic mass is 9.94. The Balaban J connectivity index is 2.87. The third kappa shape index (κ3) is 3.03. The van der Waals surface area contributed by atoms with Gasteiger partial charge in [0.25, 0.3) is 5.69 Å². The number of hydrogen-bond acceptors (Lipinski definition) is 3. The first kappa shape index (κ1) is 12.6. The van der Waals surface area contributed by atoms with Gasteiger partial charge in [-0.05, 0) is 30.4 Å². The van der Waals surface area contributed by atoms with Crippen molar-refractivity contribution in [3.8, 4) is 0 Å². The fourth-order valence-electron chi connectivity index (χ4n) is 1.51. The molecule has 2 N–H and O–H groups in total. The van der Waals surface area contributed by atoms with Crippen molar-refractivity contribution in [1.29, 1.82) is 0 Å². The van der Waals surface area contributed by atoms with Crippen LogP contribution in [-0.2, 0) is 6.42 Å². The van der Waals surface area contributed by atoms with E-state index in [0.717, 1.165) is 17.5 Å². The number of nitro benzene ring substituents is 1. The van der Waals surface area contributed by atoms with Crippen molar-refractivity contribution in [1.82, 2.24) is 0 Å². The molecule has 1 unspecified atom stereocenters. The van der Waals surface area contributed by atoms with Crippen molar-refractivity contribution in [2.24, 2.45) is 11.7 Å². The van der Waals surface area contributed by atoms with E-state index < -0.39 is 0 Å². The van der Waals surface area contributed by atoms with Crippen LogP contribution >= 0.6 is 0 Å². The summed E-state index contributed by atoms with van der Waals surface area (Å²) in [6.07, 6.45) is 0.765. The molecule has 0 bridgehead atoms. The maximum Gasteiger partial charge on any atom is 0.269 e. The molecule has 0 aliphatic carbocycles. The number of hydrogen-bond donors (Lipinski definition) is 1. The Morgan fingerprint density at radius 2 is 2.06 bits per heavy atom. The van der Waals surface area contributed by atoms with E-state index in [1.54, 1.807) is 12.1 Å². The molecule has 1 rings (SSSR count). The largest absolute Gasteiger partial charge is 0.327 e. The van der Waals surface area contributed by atoms with Crippen molar-refractivity contribution in [3.63, 3.8) is 0 Å². The molecule has 4 nitrogen and oxygen atoms in total. The second-order valence-electron chi connectivity index (χ2n) is 4.48. The first-order valence-corrected chi connectivity index (χ1v) is 5.41. The maximum atomic E-state index is 10.6. The summed E-state index contributed by atoms with van der Waals surface area (Å²) in [5.41, 5.74) is 8.14. The van der Waals surface area contributed by atoms with Crippen molar-refractivity contribution in [3.05, 3.63) is 39.4 Å². The van der Waals surface area contributed by atoms with Gasteiger partial charge in [0.15, 0.2) is 0 Å². The fraction of sp³-hybridized carbons (Fsp3) is 0.500. The number of nitrogens with zero attached hydrogens (tertiary/aromatic N) is 1. The van der Waals surface area contributed by atoms with Crippen LogP contribution in [0, 0.1) is 23.0 Å². The zero-order valence-corrected chi connectivity index (χ0v) is 9.93. The summed E-state index contributed by atoms with van der Waals surface area (Å²) in [6.45, 7) is 6.03. The molecule has 0 aliphatic rings. The Hall–Kier alpha value is -1.42. The van der Waals surface area contributed by atoms with Gasteiger partial charge in [0.05, 0.1) is 4.92 Å². The van der Waals surface area contributed by atoms with E-state index in [0.29, 0.717) is 5.92 Å². The summed E-state index contributed by atoms with van der Waals surface area (Å²) in [5, 5.41) is 10.6. The van der Waals surface area contributed by atoms with E-state index in [4.69, 9.17) is 5.73 Å². The number of benzene rings is 1. The molecule has 0 fully saturated rings. The molecule has 0 saturated heterocycles. The number of nitro groups is 1. The van der Waals surface area contributed by atoms with Gasteiger partial charge < -0.3 is 5.73 Å². The average Bonchev–Trinajstić information content (AvgIpc) is 2.20. The highest BCUT2D eigenvalue weighted by Crippen LogP contribution is 2.19. The molecule has 88 valence electrons. The Kier molecular flexibility index (Phi) is 4.01. The van der Waals surface area contributed by atoms with Crippen LogP contribution in [0.25, 0.3) is 0 Å². The van der Waals surface area contributed by atoms with E-state index in [-0.39, 0.29) is 16.7 Å². The molecule has 16 heavy (non-hydrogen) atoms. The first-order chi connectivity index (χ1) is 7.41. The molecule has 0 amide bonds. The average molecular weight is 222 g/mol. The third-order valence-corrected chi connectivity index (χ3v) is 2.85. The molecular formula is C12H18N2O2. The molecule has 1 aromatic carbocycles. The Bertz CT molecular complexity index is 389. The standard InChI is InChI=1S/C12H18N2O2/c1-8(2)12(13)7-10-4-5-11(14(15)16)6-9(10)3/h4-6,8,12H,7,13H2,1-3H3. The highest BCUT2D eigenvalue weighted by molar-refractivity contribution is 5.39. The summed E-state index contributed by atoms with van der Waals surface area (Å²) in [7, 11) is 0. The van der Waals surface area contributed by atoms with E-state index in [2.05, 4.69) is 13.8 Å². The molecular weight excluding hydrogens is 204 g/mol. The van der Waals surface area contributed by atoms with E-state index in [9.17, 15) is 10.1 Å². The lowest BCUT2D eigenvalue weighted by Crippen LogP contribution is -2.29. The maximum absolute atomic E-state index is 10.6. The van der Waals surface area contributed by atoms with Crippen molar-refractivity contribution in [2.45, 2.75) is 33.2 Å². The minimum absolute atomic E-state index is 0.0974. The van der Waals surface area contributed by atoms with Gasteiger partial charge in [-0.15, -0.1) is 0 Å². The van der Waals surface area contributed by atoms with Crippen LogP contribution < -0.4 is 5.73 Å². The van der Waals surface area contributed by atoms with Crippen LogP contribution in [0.3, 0.4) is 0 Å². The monoisotopic (exact) mass is 222 g/mol. The normalized spacial score (nSPS) is 12.8. The quantitative estimate of drug-likeness (QED) is 0.628. The number of rotatable bonds is 4. The topological polar surface area (TPSA) is 69.2 Å². The molecule has 4 heteroatoms. The van der Waals surface area contributed by atoms with Gasteiger partial charge in [0.1, 0.15) is 0 Å². The number of aryl methyl sites for hydroxylation is 1. The van der Waals surface area contributed by atoms with Crippen molar-refractivity contribution < 1.29 is 4.92 Å².